The van der Waals surface area contributed by atoms with Crippen molar-refractivity contribution < 1.29 is 48.5 Å². The molecule has 5 aromatic rings. The molecule has 14 nitrogen and oxygen atoms in total. The molecule has 1 amide bonds. The van der Waals surface area contributed by atoms with E-state index in [1.54, 1.807) is 35.2 Å². The minimum absolute atomic E-state index is 0.00402. The second-order valence-electron chi connectivity index (χ2n) is 17.4. The summed E-state index contributed by atoms with van der Waals surface area (Å²) in [5, 5.41) is 38.3. The number of hydrogen-bond donors (Lipinski definition) is 2. The Morgan fingerprint density at radius 3 is 2.41 bits per heavy atom. The normalized spacial score (nSPS) is 22.0. The average molecular weight is 924 g/mol. The van der Waals surface area contributed by atoms with Crippen molar-refractivity contribution in [3.63, 3.8) is 0 Å². The zero-order valence-corrected chi connectivity index (χ0v) is 38.1. The Bertz CT molecular complexity index is 2660. The fourth-order valence-electron chi connectivity index (χ4n) is 10.4. The number of aliphatic hydroxyl groups is 2. The first-order valence-corrected chi connectivity index (χ1v) is 23.3. The molecule has 0 radical (unpaired) electrons. The number of unbranched alkanes of at least 4 members (excludes halogenated alkanes) is 2. The van der Waals surface area contributed by atoms with Gasteiger partial charge in [-0.1, -0.05) is 84.7 Å². The summed E-state index contributed by atoms with van der Waals surface area (Å²) in [6.07, 6.45) is 8.28. The minimum atomic E-state index is -1.60. The van der Waals surface area contributed by atoms with E-state index in [-0.39, 0.29) is 68.6 Å². The van der Waals surface area contributed by atoms with Gasteiger partial charge in [0.2, 0.25) is 5.79 Å². The maximum Gasteiger partial charge on any atom is 0.416 e. The van der Waals surface area contributed by atoms with E-state index in [0.29, 0.717) is 41.4 Å². The van der Waals surface area contributed by atoms with Gasteiger partial charge in [-0.2, -0.15) is 0 Å². The standard InChI is InChI=1S/C54H57N3O11/c1-3-29-64-54-50(56(34-39-17-12-16-37-14-5-6-19-44(37)39)53(61)67-41-23-21-40(22-24-41)57(62)63)33-48(55-65-4-2)46-31-38(15-7-9-27-58)45(20-8-10-28-59)51(52(46)54)47-32-43(25-26-49(47)68-54)66-42-18-11-13-36(30-42)35-60/h3,5-6,11-14,16-19,21-26,30-32,35,38,45,50-52,58-59H,1,4,7-10,15,20,27-29,33-34H2,2H3. The van der Waals surface area contributed by atoms with Crippen molar-refractivity contribution in [3.8, 4) is 23.0 Å². The molecule has 0 spiro atoms. The molecule has 0 aromatic heterocycles. The van der Waals surface area contributed by atoms with E-state index in [4.69, 9.17) is 28.9 Å². The van der Waals surface area contributed by atoms with E-state index >= 15 is 4.79 Å². The highest BCUT2D eigenvalue weighted by molar-refractivity contribution is 6.03. The van der Waals surface area contributed by atoms with Gasteiger partial charge in [-0.15, -0.1) is 6.58 Å². The molecule has 1 heterocycles. The van der Waals surface area contributed by atoms with Gasteiger partial charge in [-0.25, -0.2) is 4.79 Å². The molecule has 1 saturated carbocycles. The summed E-state index contributed by atoms with van der Waals surface area (Å²) in [5.41, 5.74) is 3.48. The number of nitro groups is 1. The smallest absolute Gasteiger partial charge is 0.416 e. The molecule has 1 fully saturated rings. The molecule has 2 N–H and O–H groups in total. The number of rotatable bonds is 21. The molecular weight excluding hydrogens is 867 g/mol. The Labute approximate surface area is 395 Å². The largest absolute Gasteiger partial charge is 0.459 e. The van der Waals surface area contributed by atoms with Crippen molar-refractivity contribution >= 4 is 34.6 Å². The van der Waals surface area contributed by atoms with Crippen LogP contribution in [-0.4, -0.2) is 76.4 Å². The van der Waals surface area contributed by atoms with Crippen LogP contribution in [0.5, 0.6) is 23.0 Å². The Hall–Kier alpha value is -6.87. The summed E-state index contributed by atoms with van der Waals surface area (Å²) in [4.78, 5) is 45.6. The SMILES string of the molecule is C=CCOC12Oc3ccc(Oc4cccc(C=O)c4)cc3C3C(CCCCO)C(CCCCO)C=C(C(=NOCC)CC1N(Cc1cccc4ccccc14)C(=O)Oc1ccc([N+](=O)[O-])cc1)C32. The van der Waals surface area contributed by atoms with Gasteiger partial charge < -0.3 is 34.0 Å². The van der Waals surface area contributed by atoms with Crippen molar-refractivity contribution in [2.45, 2.75) is 76.2 Å². The number of nitro benzene ring substituents is 1. The number of aliphatic hydroxyl groups excluding tert-OH is 2. The van der Waals surface area contributed by atoms with Crippen LogP contribution in [0.4, 0.5) is 10.5 Å². The van der Waals surface area contributed by atoms with Crippen molar-refractivity contribution in [1.29, 1.82) is 0 Å². The number of aldehydes is 1. The Kier molecular flexibility index (Phi) is 15.3. The average Bonchev–Trinajstić information content (AvgIpc) is 3.35. The van der Waals surface area contributed by atoms with Crippen LogP contribution in [0.2, 0.25) is 0 Å². The lowest BCUT2D eigenvalue weighted by molar-refractivity contribution is -0.384. The number of amides is 1. The van der Waals surface area contributed by atoms with Crippen molar-refractivity contribution in [3.05, 3.63) is 160 Å². The number of carbonyl (C=O) groups is 2. The molecule has 0 saturated heterocycles. The first-order valence-electron chi connectivity index (χ1n) is 23.3. The lowest BCUT2D eigenvalue weighted by atomic mass is 9.55. The highest BCUT2D eigenvalue weighted by atomic mass is 16.7. The summed E-state index contributed by atoms with van der Waals surface area (Å²) >= 11 is 0. The highest BCUT2D eigenvalue weighted by Crippen LogP contribution is 2.62. The van der Waals surface area contributed by atoms with Crippen LogP contribution in [0.3, 0.4) is 0 Å². The fourth-order valence-corrected chi connectivity index (χ4v) is 10.4. The number of ether oxygens (including phenoxy) is 4. The zero-order chi connectivity index (χ0) is 47.6. The zero-order valence-electron chi connectivity index (χ0n) is 38.1. The summed E-state index contributed by atoms with van der Waals surface area (Å²) in [6.45, 7) is 6.37. The van der Waals surface area contributed by atoms with E-state index in [0.717, 1.165) is 59.4 Å². The molecule has 1 aliphatic heterocycles. The second kappa shape index (κ2) is 21.8. The van der Waals surface area contributed by atoms with Gasteiger partial charge in [0.15, 0.2) is 0 Å². The van der Waals surface area contributed by atoms with Gasteiger partial charge in [-0.05, 0) is 109 Å². The summed E-state index contributed by atoms with van der Waals surface area (Å²) in [7, 11) is 0. The predicted molar refractivity (Wildman–Crippen MR) is 257 cm³/mol. The van der Waals surface area contributed by atoms with E-state index in [2.05, 4.69) is 12.7 Å². The molecule has 6 unspecified atom stereocenters. The molecule has 5 aromatic carbocycles. The fraction of sp³-hybridized carbons (Fsp3) is 0.352. The molecule has 3 aliphatic rings. The van der Waals surface area contributed by atoms with Gasteiger partial charge in [-0.3, -0.25) is 19.8 Å². The van der Waals surface area contributed by atoms with Crippen molar-refractivity contribution in [1.82, 2.24) is 4.90 Å². The van der Waals surface area contributed by atoms with Crippen LogP contribution in [0, 0.1) is 27.9 Å². The number of benzene rings is 5. The van der Waals surface area contributed by atoms with Gasteiger partial charge in [0.1, 0.15) is 41.9 Å². The van der Waals surface area contributed by atoms with Crippen molar-refractivity contribution in [2.24, 2.45) is 22.9 Å². The number of allylic oxidation sites excluding steroid dienone is 1. The molecule has 354 valence electrons. The molecular formula is C54H57N3O11. The topological polar surface area (TPSA) is 179 Å². The number of fused-ring (bicyclic) bond motifs is 3. The molecule has 8 rings (SSSR count). The summed E-state index contributed by atoms with van der Waals surface area (Å²) in [6, 6.07) is 30.9. The number of hydrogen-bond acceptors (Lipinski definition) is 12. The number of carbonyl (C=O) groups excluding carboxylic acids is 2. The van der Waals surface area contributed by atoms with Crippen LogP contribution in [0.25, 0.3) is 10.8 Å². The van der Waals surface area contributed by atoms with E-state index in [9.17, 15) is 25.1 Å². The van der Waals surface area contributed by atoms with E-state index in [1.807, 2.05) is 67.6 Å². The number of non-ortho nitro benzene ring substituents is 1. The molecule has 68 heavy (non-hydrogen) atoms. The maximum absolute atomic E-state index is 15.2. The second-order valence-corrected chi connectivity index (χ2v) is 17.4. The lowest BCUT2D eigenvalue weighted by Crippen LogP contribution is -2.70. The molecule has 6 atom stereocenters. The van der Waals surface area contributed by atoms with Gasteiger partial charge in [0.25, 0.3) is 5.69 Å². The minimum Gasteiger partial charge on any atom is -0.459 e. The van der Waals surface area contributed by atoms with Crippen LogP contribution >= 0.6 is 0 Å². The summed E-state index contributed by atoms with van der Waals surface area (Å²) in [5.74, 6) is -0.974. The number of nitrogens with zero attached hydrogens (tertiary/aromatic N) is 3. The van der Waals surface area contributed by atoms with E-state index in [1.165, 1.54) is 24.3 Å². The monoisotopic (exact) mass is 923 g/mol. The van der Waals surface area contributed by atoms with Crippen LogP contribution in [0.15, 0.2) is 139 Å². The quantitative estimate of drug-likeness (QED) is 0.0235. The lowest BCUT2D eigenvalue weighted by Gasteiger charge is -2.59. The first kappa shape index (κ1) is 47.6. The first-order chi connectivity index (χ1) is 33.2. The third-order valence-electron chi connectivity index (χ3n) is 13.3. The Morgan fingerprint density at radius 2 is 1.66 bits per heavy atom. The predicted octanol–water partition coefficient (Wildman–Crippen LogP) is 10.7. The Morgan fingerprint density at radius 1 is 0.926 bits per heavy atom. The van der Waals surface area contributed by atoms with Gasteiger partial charge in [0, 0.05) is 48.8 Å². The number of oxime groups is 1. The van der Waals surface area contributed by atoms with E-state index < -0.39 is 28.8 Å². The van der Waals surface area contributed by atoms with Gasteiger partial charge >= 0.3 is 6.09 Å². The summed E-state index contributed by atoms with van der Waals surface area (Å²) < 4.78 is 27.2. The highest BCUT2D eigenvalue weighted by Gasteiger charge is 2.66. The van der Waals surface area contributed by atoms with Crippen LogP contribution in [-0.2, 0) is 16.1 Å². The van der Waals surface area contributed by atoms with Crippen molar-refractivity contribution in [2.75, 3.05) is 26.4 Å². The molecule has 0 bridgehead atoms. The van der Waals surface area contributed by atoms with Crippen LogP contribution < -0.4 is 14.2 Å². The maximum atomic E-state index is 15.2. The third kappa shape index (κ3) is 10.0. The van der Waals surface area contributed by atoms with Crippen LogP contribution in [0.1, 0.15) is 79.3 Å². The Balaban J connectivity index is 1.35. The third-order valence-corrected chi connectivity index (χ3v) is 13.3. The van der Waals surface area contributed by atoms with Gasteiger partial charge in [0.05, 0.1) is 29.7 Å². The molecule has 2 aliphatic carbocycles. The molecule has 14 heteroatoms.